The van der Waals surface area contributed by atoms with Gasteiger partial charge >= 0.3 is 6.18 Å². The highest BCUT2D eigenvalue weighted by Gasteiger charge is 2.31. The van der Waals surface area contributed by atoms with Gasteiger partial charge in [-0.3, -0.25) is 10.4 Å². The number of alkyl halides is 3. The Morgan fingerprint density at radius 2 is 1.86 bits per heavy atom. The predicted octanol–water partition coefficient (Wildman–Crippen LogP) is 4.85. The smallest absolute Gasteiger partial charge is 0.275 e. The molecule has 1 aromatic heterocycles. The molecule has 110 valence electrons. The molecule has 2 rings (SSSR count). The minimum Gasteiger partial charge on any atom is -0.275 e. The van der Waals surface area contributed by atoms with Crippen LogP contribution in [-0.2, 0) is 6.18 Å². The van der Waals surface area contributed by atoms with Gasteiger partial charge in [-0.05, 0) is 18.2 Å². The van der Waals surface area contributed by atoms with E-state index in [1.807, 2.05) is 0 Å². The molecule has 1 heterocycles. The first-order chi connectivity index (χ1) is 9.88. The van der Waals surface area contributed by atoms with E-state index in [0.717, 1.165) is 12.1 Å². The van der Waals surface area contributed by atoms with E-state index in [0.29, 0.717) is 5.56 Å². The monoisotopic (exact) mass is 333 g/mol. The van der Waals surface area contributed by atoms with Crippen LogP contribution in [0.4, 0.5) is 18.9 Å². The van der Waals surface area contributed by atoms with Crippen molar-refractivity contribution < 1.29 is 13.2 Å². The summed E-state index contributed by atoms with van der Waals surface area (Å²) < 4.78 is 37.7. The Morgan fingerprint density at radius 3 is 2.38 bits per heavy atom. The van der Waals surface area contributed by atoms with Crippen molar-refractivity contribution in [2.24, 2.45) is 5.10 Å². The van der Waals surface area contributed by atoms with Crippen LogP contribution in [0.2, 0.25) is 10.0 Å². The molecular weight excluding hydrogens is 326 g/mol. The summed E-state index contributed by atoms with van der Waals surface area (Å²) in [5, 5.41) is 3.52. The number of rotatable bonds is 3. The lowest BCUT2D eigenvalue weighted by Crippen LogP contribution is -2.05. The van der Waals surface area contributed by atoms with Crippen LogP contribution in [-0.4, -0.2) is 11.2 Å². The van der Waals surface area contributed by atoms with Gasteiger partial charge in [-0.25, -0.2) is 0 Å². The van der Waals surface area contributed by atoms with Crippen LogP contribution in [0.3, 0.4) is 0 Å². The molecule has 1 N–H and O–H groups in total. The molecular formula is C13H8Cl2F3N3. The predicted molar refractivity (Wildman–Crippen MR) is 76.9 cm³/mol. The Balaban J connectivity index is 2.20. The van der Waals surface area contributed by atoms with E-state index in [-0.39, 0.29) is 15.7 Å². The maximum Gasteiger partial charge on any atom is 0.416 e. The number of hydrogen-bond donors (Lipinski definition) is 1. The summed E-state index contributed by atoms with van der Waals surface area (Å²) in [6.45, 7) is 0. The van der Waals surface area contributed by atoms with Gasteiger partial charge in [0.15, 0.2) is 0 Å². The van der Waals surface area contributed by atoms with Crippen LogP contribution in [0, 0.1) is 0 Å². The molecule has 8 heteroatoms. The van der Waals surface area contributed by atoms with Crippen LogP contribution < -0.4 is 5.43 Å². The number of anilines is 1. The first-order valence-electron chi connectivity index (χ1n) is 5.63. The highest BCUT2D eigenvalue weighted by Crippen LogP contribution is 2.38. The topological polar surface area (TPSA) is 37.3 Å². The van der Waals surface area contributed by atoms with Crippen LogP contribution >= 0.6 is 23.2 Å². The molecule has 0 aliphatic rings. The molecule has 0 saturated heterocycles. The third-order valence-corrected chi connectivity index (χ3v) is 3.04. The molecule has 0 saturated carbocycles. The van der Waals surface area contributed by atoms with Gasteiger partial charge in [0.25, 0.3) is 0 Å². The van der Waals surface area contributed by atoms with E-state index in [4.69, 9.17) is 23.2 Å². The van der Waals surface area contributed by atoms with Crippen molar-refractivity contribution in [1.29, 1.82) is 0 Å². The van der Waals surface area contributed by atoms with Crippen molar-refractivity contribution in [2.45, 2.75) is 6.18 Å². The fraction of sp³-hybridized carbons (Fsp3) is 0.0769. The third-order valence-electron chi connectivity index (χ3n) is 2.44. The van der Waals surface area contributed by atoms with E-state index in [1.54, 1.807) is 24.5 Å². The lowest BCUT2D eigenvalue weighted by atomic mass is 10.2. The van der Waals surface area contributed by atoms with E-state index in [9.17, 15) is 13.2 Å². The average molecular weight is 334 g/mol. The number of hydrogen-bond acceptors (Lipinski definition) is 3. The van der Waals surface area contributed by atoms with E-state index in [2.05, 4.69) is 15.5 Å². The van der Waals surface area contributed by atoms with E-state index >= 15 is 0 Å². The Bertz CT molecular complexity index is 634. The van der Waals surface area contributed by atoms with Gasteiger partial charge < -0.3 is 0 Å². The summed E-state index contributed by atoms with van der Waals surface area (Å²) in [5.41, 5.74) is 2.42. The van der Waals surface area contributed by atoms with Gasteiger partial charge in [0, 0.05) is 18.0 Å². The second-order valence-corrected chi connectivity index (χ2v) is 4.78. The summed E-state index contributed by atoms with van der Waals surface area (Å²) >= 11 is 11.6. The summed E-state index contributed by atoms with van der Waals surface area (Å²) in [7, 11) is 0. The number of hydrazone groups is 1. The zero-order valence-corrected chi connectivity index (χ0v) is 11.8. The minimum absolute atomic E-state index is 0.103. The van der Waals surface area contributed by atoms with Crippen molar-refractivity contribution in [1.82, 2.24) is 4.98 Å². The summed E-state index contributed by atoms with van der Waals surface area (Å²) in [6, 6.07) is 5.05. The average Bonchev–Trinajstić information content (AvgIpc) is 2.42. The molecule has 0 atom stereocenters. The Labute approximate surface area is 128 Å². The molecule has 21 heavy (non-hydrogen) atoms. The maximum absolute atomic E-state index is 12.6. The van der Waals surface area contributed by atoms with Gasteiger partial charge in [-0.15, -0.1) is 0 Å². The first kappa shape index (κ1) is 15.6. The highest BCUT2D eigenvalue weighted by atomic mass is 35.5. The lowest BCUT2D eigenvalue weighted by Gasteiger charge is -2.11. The van der Waals surface area contributed by atoms with Crippen molar-refractivity contribution >= 4 is 35.1 Å². The Kier molecular flexibility index (Phi) is 4.69. The standard InChI is InChI=1S/C13H8Cl2F3N3/c14-10-4-9(13(16,17)18)5-11(15)12(10)21-20-7-8-2-1-3-19-6-8/h1-7,21H/b20-7+. The van der Waals surface area contributed by atoms with Crippen LogP contribution in [0.5, 0.6) is 0 Å². The minimum atomic E-state index is -4.51. The van der Waals surface area contributed by atoms with Crippen molar-refractivity contribution in [3.8, 4) is 0 Å². The molecule has 0 fully saturated rings. The SMILES string of the molecule is FC(F)(F)c1cc(Cl)c(N/N=C/c2cccnc2)c(Cl)c1. The fourth-order valence-corrected chi connectivity index (χ4v) is 2.04. The molecule has 0 aliphatic heterocycles. The molecule has 0 bridgehead atoms. The molecule has 0 spiro atoms. The molecule has 0 radical (unpaired) electrons. The van der Waals surface area contributed by atoms with Gasteiger partial charge in [0.2, 0.25) is 0 Å². The van der Waals surface area contributed by atoms with Gasteiger partial charge in [-0.2, -0.15) is 18.3 Å². The second kappa shape index (κ2) is 6.32. The van der Waals surface area contributed by atoms with Gasteiger partial charge in [-0.1, -0.05) is 29.3 Å². The Hall–Kier alpha value is -1.79. The Morgan fingerprint density at radius 1 is 1.19 bits per heavy atom. The number of benzene rings is 1. The van der Waals surface area contributed by atoms with Crippen molar-refractivity contribution in [3.05, 3.63) is 57.8 Å². The molecule has 0 amide bonds. The molecule has 0 unspecified atom stereocenters. The maximum atomic E-state index is 12.6. The molecule has 0 aliphatic carbocycles. The zero-order valence-electron chi connectivity index (χ0n) is 10.3. The summed E-state index contributed by atoms with van der Waals surface area (Å²) in [6.07, 6.45) is 0.109. The number of nitrogens with zero attached hydrogens (tertiary/aromatic N) is 2. The number of aromatic nitrogens is 1. The third kappa shape index (κ3) is 4.09. The van der Waals surface area contributed by atoms with E-state index < -0.39 is 11.7 Å². The molecule has 2 aromatic rings. The van der Waals surface area contributed by atoms with Gasteiger partial charge in [0.1, 0.15) is 0 Å². The summed E-state index contributed by atoms with van der Waals surface area (Å²) in [4.78, 5) is 3.89. The number of pyridine rings is 1. The molecule has 3 nitrogen and oxygen atoms in total. The number of halogens is 5. The fourth-order valence-electron chi connectivity index (χ4n) is 1.47. The number of nitrogens with one attached hydrogen (secondary N) is 1. The zero-order chi connectivity index (χ0) is 15.5. The normalized spacial score (nSPS) is 11.9. The van der Waals surface area contributed by atoms with Crippen LogP contribution in [0.25, 0.3) is 0 Å². The van der Waals surface area contributed by atoms with Crippen molar-refractivity contribution in [3.63, 3.8) is 0 Å². The summed E-state index contributed by atoms with van der Waals surface area (Å²) in [5.74, 6) is 0. The highest BCUT2D eigenvalue weighted by molar-refractivity contribution is 6.39. The van der Waals surface area contributed by atoms with Crippen molar-refractivity contribution in [2.75, 3.05) is 5.43 Å². The first-order valence-corrected chi connectivity index (χ1v) is 6.39. The molecule has 1 aromatic carbocycles. The van der Waals surface area contributed by atoms with Crippen LogP contribution in [0.15, 0.2) is 41.8 Å². The quantitative estimate of drug-likeness (QED) is 0.643. The van der Waals surface area contributed by atoms with E-state index in [1.165, 1.54) is 6.21 Å². The lowest BCUT2D eigenvalue weighted by molar-refractivity contribution is -0.137. The van der Waals surface area contributed by atoms with Crippen LogP contribution in [0.1, 0.15) is 11.1 Å². The largest absolute Gasteiger partial charge is 0.416 e. The van der Waals surface area contributed by atoms with Gasteiger partial charge in [0.05, 0.1) is 27.5 Å². The second-order valence-electron chi connectivity index (χ2n) is 3.97.